The number of nitrogens with zero attached hydrogens (tertiary/aromatic N) is 3. The number of aryl methyl sites for hydroxylation is 2. The van der Waals surface area contributed by atoms with Gasteiger partial charge in [-0.25, -0.2) is 4.98 Å². The Labute approximate surface area is 116 Å². The van der Waals surface area contributed by atoms with E-state index in [1.807, 2.05) is 16.1 Å². The minimum atomic E-state index is -0.203. The molecule has 0 spiro atoms. The average molecular weight is 279 g/mol. The van der Waals surface area contributed by atoms with Crippen molar-refractivity contribution < 1.29 is 9.53 Å². The van der Waals surface area contributed by atoms with Gasteiger partial charge < -0.3 is 4.74 Å². The van der Waals surface area contributed by atoms with Crippen molar-refractivity contribution >= 4 is 17.3 Å². The number of carbonyl (C=O) groups excluding carboxylic acids is 1. The van der Waals surface area contributed by atoms with Crippen LogP contribution in [-0.2, 0) is 22.5 Å². The van der Waals surface area contributed by atoms with Gasteiger partial charge in [0.25, 0.3) is 0 Å². The van der Waals surface area contributed by atoms with E-state index in [-0.39, 0.29) is 5.97 Å². The van der Waals surface area contributed by atoms with Gasteiger partial charge in [-0.15, -0.1) is 11.3 Å². The molecule has 0 N–H and O–H groups in total. The number of hydrogen-bond acceptors (Lipinski definition) is 5. The van der Waals surface area contributed by atoms with E-state index in [9.17, 15) is 4.79 Å². The third kappa shape index (κ3) is 3.41. The first-order valence-electron chi connectivity index (χ1n) is 6.28. The van der Waals surface area contributed by atoms with Crippen LogP contribution in [0.5, 0.6) is 0 Å². The summed E-state index contributed by atoms with van der Waals surface area (Å²) < 4.78 is 6.59. The van der Waals surface area contributed by atoms with E-state index >= 15 is 0 Å². The van der Waals surface area contributed by atoms with Crippen molar-refractivity contribution in [1.82, 2.24) is 14.8 Å². The second-order valence-corrected chi connectivity index (χ2v) is 5.02. The highest BCUT2D eigenvalue weighted by molar-refractivity contribution is 7.13. The fourth-order valence-electron chi connectivity index (χ4n) is 1.78. The number of carbonyl (C=O) groups is 1. The number of rotatable bonds is 6. The molecule has 0 fully saturated rings. The van der Waals surface area contributed by atoms with E-state index in [1.165, 1.54) is 7.11 Å². The molecule has 0 aromatic carbocycles. The summed E-state index contributed by atoms with van der Waals surface area (Å²) in [7, 11) is 1.40. The van der Waals surface area contributed by atoms with Crippen LogP contribution < -0.4 is 0 Å². The van der Waals surface area contributed by atoms with Crippen molar-refractivity contribution in [3.63, 3.8) is 0 Å². The summed E-state index contributed by atoms with van der Waals surface area (Å²) in [5.41, 5.74) is 1.96. The van der Waals surface area contributed by atoms with Crippen LogP contribution in [0.4, 0.5) is 0 Å². The van der Waals surface area contributed by atoms with Crippen LogP contribution in [0.3, 0.4) is 0 Å². The fourth-order valence-corrected chi connectivity index (χ4v) is 2.66. The highest BCUT2D eigenvalue weighted by atomic mass is 32.1. The minimum Gasteiger partial charge on any atom is -0.469 e. The van der Waals surface area contributed by atoms with Gasteiger partial charge >= 0.3 is 5.97 Å². The second kappa shape index (κ2) is 6.47. The van der Waals surface area contributed by atoms with Gasteiger partial charge in [-0.3, -0.25) is 9.48 Å². The normalized spacial score (nSPS) is 10.6. The molecule has 2 heterocycles. The molecule has 102 valence electrons. The lowest BCUT2D eigenvalue weighted by Gasteiger charge is -2.02. The average Bonchev–Trinajstić information content (AvgIpc) is 3.04. The van der Waals surface area contributed by atoms with E-state index in [2.05, 4.69) is 21.7 Å². The van der Waals surface area contributed by atoms with Gasteiger partial charge in [-0.2, -0.15) is 5.10 Å². The topological polar surface area (TPSA) is 57.0 Å². The molecule has 0 amide bonds. The van der Waals surface area contributed by atoms with Crippen molar-refractivity contribution in [2.45, 2.75) is 32.7 Å². The molecule has 0 saturated carbocycles. The Bertz CT molecular complexity index is 548. The Morgan fingerprint density at radius 3 is 3.11 bits per heavy atom. The van der Waals surface area contributed by atoms with Crippen LogP contribution in [-0.4, -0.2) is 27.8 Å². The van der Waals surface area contributed by atoms with Gasteiger partial charge in [0.05, 0.1) is 24.9 Å². The quantitative estimate of drug-likeness (QED) is 0.762. The van der Waals surface area contributed by atoms with Crippen molar-refractivity contribution in [3.8, 4) is 10.7 Å². The monoisotopic (exact) mass is 279 g/mol. The molecule has 6 heteroatoms. The lowest BCUT2D eigenvalue weighted by Crippen LogP contribution is -2.02. The largest absolute Gasteiger partial charge is 0.469 e. The van der Waals surface area contributed by atoms with Crippen LogP contribution in [0.15, 0.2) is 17.6 Å². The van der Waals surface area contributed by atoms with Crippen LogP contribution in [0.25, 0.3) is 10.7 Å². The number of thiazole rings is 1. The second-order valence-electron chi connectivity index (χ2n) is 4.16. The maximum absolute atomic E-state index is 11.1. The fraction of sp³-hybridized carbons (Fsp3) is 0.462. The number of hydrogen-bond donors (Lipinski definition) is 0. The van der Waals surface area contributed by atoms with E-state index < -0.39 is 0 Å². The third-order valence-corrected chi connectivity index (χ3v) is 3.65. The van der Waals surface area contributed by atoms with Crippen molar-refractivity contribution in [2.75, 3.05) is 7.11 Å². The SMILES string of the molecule is CCCn1nccc1-c1nc(CCC(=O)OC)cs1. The Balaban J connectivity index is 2.07. The molecule has 0 aliphatic carbocycles. The predicted octanol–water partition coefficient (Wildman–Crippen LogP) is 2.52. The number of esters is 1. The van der Waals surface area contributed by atoms with Gasteiger partial charge in [0, 0.05) is 24.5 Å². The zero-order valence-corrected chi connectivity index (χ0v) is 11.9. The van der Waals surface area contributed by atoms with Gasteiger partial charge in [-0.05, 0) is 12.5 Å². The molecular formula is C13H17N3O2S. The highest BCUT2D eigenvalue weighted by Gasteiger charge is 2.10. The minimum absolute atomic E-state index is 0.203. The summed E-state index contributed by atoms with van der Waals surface area (Å²) in [4.78, 5) is 15.7. The van der Waals surface area contributed by atoms with Crippen LogP contribution in [0.2, 0.25) is 0 Å². The lowest BCUT2D eigenvalue weighted by molar-refractivity contribution is -0.140. The molecule has 2 aromatic rings. The summed E-state index contributed by atoms with van der Waals surface area (Å²) in [6.07, 6.45) is 3.81. The predicted molar refractivity (Wildman–Crippen MR) is 74.0 cm³/mol. The summed E-state index contributed by atoms with van der Waals surface area (Å²) >= 11 is 1.58. The lowest BCUT2D eigenvalue weighted by atomic mass is 10.2. The molecule has 0 atom stereocenters. The molecule has 0 radical (unpaired) electrons. The Morgan fingerprint density at radius 2 is 2.37 bits per heavy atom. The van der Waals surface area contributed by atoms with Gasteiger partial charge in [0.1, 0.15) is 5.01 Å². The van der Waals surface area contributed by atoms with Gasteiger partial charge in [0.15, 0.2) is 0 Å². The molecule has 0 aliphatic rings. The molecule has 19 heavy (non-hydrogen) atoms. The van der Waals surface area contributed by atoms with Gasteiger partial charge in [-0.1, -0.05) is 6.92 Å². The van der Waals surface area contributed by atoms with Crippen LogP contribution in [0.1, 0.15) is 25.5 Å². The Kier molecular flexibility index (Phi) is 4.68. The maximum Gasteiger partial charge on any atom is 0.305 e. The number of aromatic nitrogens is 3. The first-order chi connectivity index (χ1) is 9.24. The Morgan fingerprint density at radius 1 is 1.53 bits per heavy atom. The summed E-state index contributed by atoms with van der Waals surface area (Å²) in [5, 5.41) is 7.23. The smallest absolute Gasteiger partial charge is 0.305 e. The van der Waals surface area contributed by atoms with Crippen LogP contribution >= 0.6 is 11.3 Å². The van der Waals surface area contributed by atoms with Crippen molar-refractivity contribution in [3.05, 3.63) is 23.3 Å². The molecule has 2 aromatic heterocycles. The van der Waals surface area contributed by atoms with E-state index in [1.54, 1.807) is 17.5 Å². The van der Waals surface area contributed by atoms with Crippen molar-refractivity contribution in [2.24, 2.45) is 0 Å². The maximum atomic E-state index is 11.1. The van der Waals surface area contributed by atoms with E-state index in [0.717, 1.165) is 29.4 Å². The summed E-state index contributed by atoms with van der Waals surface area (Å²) in [6, 6.07) is 1.97. The number of ether oxygens (including phenoxy) is 1. The molecule has 2 rings (SSSR count). The summed E-state index contributed by atoms with van der Waals surface area (Å²) in [6.45, 7) is 3.01. The first-order valence-corrected chi connectivity index (χ1v) is 7.16. The van der Waals surface area contributed by atoms with E-state index in [0.29, 0.717) is 12.8 Å². The molecule has 5 nitrogen and oxygen atoms in total. The molecule has 0 unspecified atom stereocenters. The Hall–Kier alpha value is -1.69. The zero-order valence-electron chi connectivity index (χ0n) is 11.1. The summed E-state index contributed by atoms with van der Waals surface area (Å²) in [5.74, 6) is -0.203. The van der Waals surface area contributed by atoms with Gasteiger partial charge in [0.2, 0.25) is 0 Å². The molecule has 0 aliphatic heterocycles. The zero-order chi connectivity index (χ0) is 13.7. The third-order valence-electron chi connectivity index (χ3n) is 2.74. The number of methoxy groups -OCH3 is 1. The molecule has 0 bridgehead atoms. The first kappa shape index (κ1) is 13.7. The highest BCUT2D eigenvalue weighted by Crippen LogP contribution is 2.24. The van der Waals surface area contributed by atoms with E-state index in [4.69, 9.17) is 0 Å². The molecular weight excluding hydrogens is 262 g/mol. The van der Waals surface area contributed by atoms with Crippen LogP contribution in [0, 0.1) is 0 Å². The standard InChI is InChI=1S/C13H17N3O2S/c1-3-8-16-11(6-7-14-16)13-15-10(9-19-13)4-5-12(17)18-2/h6-7,9H,3-5,8H2,1-2H3. The van der Waals surface area contributed by atoms with Crippen molar-refractivity contribution in [1.29, 1.82) is 0 Å². The molecule has 0 saturated heterocycles.